The smallest absolute Gasteiger partial charge is 0.0178 e. The number of hydrogen-bond donors (Lipinski definition) is 0. The third-order valence-corrected chi connectivity index (χ3v) is 4.97. The molecule has 0 spiro atoms. The van der Waals surface area contributed by atoms with Crippen molar-refractivity contribution in [2.24, 2.45) is 11.3 Å². The lowest BCUT2D eigenvalue weighted by atomic mass is 9.99. The zero-order chi connectivity index (χ0) is 11.2. The molecule has 2 rings (SSSR count). The fourth-order valence-corrected chi connectivity index (χ4v) is 4.32. The molecule has 0 aliphatic heterocycles. The van der Waals surface area contributed by atoms with Gasteiger partial charge in [-0.15, -0.1) is 0 Å². The van der Waals surface area contributed by atoms with Crippen LogP contribution < -0.4 is 0 Å². The van der Waals surface area contributed by atoms with Gasteiger partial charge in [-0.25, -0.2) is 0 Å². The van der Waals surface area contributed by atoms with Crippen molar-refractivity contribution in [2.75, 3.05) is 5.33 Å². The van der Waals surface area contributed by atoms with E-state index in [2.05, 4.69) is 70.8 Å². The Morgan fingerprint density at radius 2 is 2.00 bits per heavy atom. The Hall–Kier alpha value is 0.180. The lowest BCUT2D eigenvalue weighted by Crippen LogP contribution is -1.92. The summed E-state index contributed by atoms with van der Waals surface area (Å²) in [6, 6.07) is 6.64. The Morgan fingerprint density at radius 1 is 1.33 bits per heavy atom. The molecular weight excluding hydrogens is 316 g/mol. The molecule has 2 heteroatoms. The van der Waals surface area contributed by atoms with E-state index in [0.29, 0.717) is 5.41 Å². The summed E-state index contributed by atoms with van der Waals surface area (Å²) in [4.78, 5) is 0. The van der Waals surface area contributed by atoms with Gasteiger partial charge in [0.05, 0.1) is 0 Å². The first-order valence-electron chi connectivity index (χ1n) is 5.30. The van der Waals surface area contributed by atoms with Gasteiger partial charge in [0.15, 0.2) is 0 Å². The molecule has 1 aromatic carbocycles. The van der Waals surface area contributed by atoms with Crippen LogP contribution in [0.1, 0.15) is 30.9 Å². The SMILES string of the molecule is Cc1cc(Br)ccc1C1C(CBr)C1(C)C. The number of benzene rings is 1. The highest BCUT2D eigenvalue weighted by atomic mass is 79.9. The summed E-state index contributed by atoms with van der Waals surface area (Å²) in [7, 11) is 0. The molecule has 1 aliphatic carbocycles. The van der Waals surface area contributed by atoms with E-state index in [0.717, 1.165) is 17.2 Å². The van der Waals surface area contributed by atoms with Gasteiger partial charge < -0.3 is 0 Å². The van der Waals surface area contributed by atoms with Crippen molar-refractivity contribution in [1.82, 2.24) is 0 Å². The highest BCUT2D eigenvalue weighted by molar-refractivity contribution is 9.10. The first kappa shape index (κ1) is 11.7. The largest absolute Gasteiger partial charge is 0.0925 e. The van der Waals surface area contributed by atoms with Crippen molar-refractivity contribution in [3.05, 3.63) is 33.8 Å². The summed E-state index contributed by atoms with van der Waals surface area (Å²) >= 11 is 7.14. The highest BCUT2D eigenvalue weighted by Crippen LogP contribution is 2.65. The number of alkyl halides is 1. The summed E-state index contributed by atoms with van der Waals surface area (Å²) in [5.41, 5.74) is 3.39. The van der Waals surface area contributed by atoms with Gasteiger partial charge in [0.1, 0.15) is 0 Å². The van der Waals surface area contributed by atoms with Gasteiger partial charge in [-0.05, 0) is 47.4 Å². The van der Waals surface area contributed by atoms with Gasteiger partial charge in [-0.3, -0.25) is 0 Å². The molecule has 82 valence electrons. The minimum Gasteiger partial charge on any atom is -0.0925 e. The van der Waals surface area contributed by atoms with Gasteiger partial charge >= 0.3 is 0 Å². The second-order valence-corrected chi connectivity index (χ2v) is 6.62. The van der Waals surface area contributed by atoms with E-state index in [-0.39, 0.29) is 0 Å². The van der Waals surface area contributed by atoms with Gasteiger partial charge in [0.2, 0.25) is 0 Å². The zero-order valence-electron chi connectivity index (χ0n) is 9.35. The van der Waals surface area contributed by atoms with Crippen LogP contribution in [0.2, 0.25) is 0 Å². The van der Waals surface area contributed by atoms with Crippen LogP contribution in [-0.2, 0) is 0 Å². The van der Waals surface area contributed by atoms with Crippen LogP contribution in [0.25, 0.3) is 0 Å². The van der Waals surface area contributed by atoms with E-state index in [4.69, 9.17) is 0 Å². The molecule has 1 saturated carbocycles. The van der Waals surface area contributed by atoms with Gasteiger partial charge in [0, 0.05) is 9.80 Å². The van der Waals surface area contributed by atoms with Crippen molar-refractivity contribution in [1.29, 1.82) is 0 Å². The van der Waals surface area contributed by atoms with Gasteiger partial charge in [-0.1, -0.05) is 51.8 Å². The highest BCUT2D eigenvalue weighted by Gasteiger charge is 2.57. The summed E-state index contributed by atoms with van der Waals surface area (Å²) in [6.45, 7) is 6.94. The van der Waals surface area contributed by atoms with Crippen LogP contribution in [0.4, 0.5) is 0 Å². The fraction of sp³-hybridized carbons (Fsp3) is 0.538. The predicted octanol–water partition coefficient (Wildman–Crippen LogP) is 4.89. The minimum atomic E-state index is 0.460. The lowest BCUT2D eigenvalue weighted by molar-refractivity contribution is 0.579. The molecule has 2 atom stereocenters. The molecule has 0 saturated heterocycles. The third-order valence-electron chi connectivity index (χ3n) is 3.78. The fourth-order valence-electron chi connectivity index (χ4n) is 2.64. The Kier molecular flexibility index (Phi) is 3.02. The van der Waals surface area contributed by atoms with Crippen LogP contribution in [0.15, 0.2) is 22.7 Å². The Balaban J connectivity index is 2.33. The Morgan fingerprint density at radius 3 is 2.47 bits per heavy atom. The molecule has 0 amide bonds. The van der Waals surface area contributed by atoms with Crippen molar-refractivity contribution >= 4 is 31.9 Å². The molecule has 1 aliphatic rings. The molecule has 0 N–H and O–H groups in total. The average Bonchev–Trinajstić information content (AvgIpc) is 2.68. The van der Waals surface area contributed by atoms with E-state index in [1.54, 1.807) is 0 Å². The second-order valence-electron chi connectivity index (χ2n) is 5.06. The Bertz CT molecular complexity index is 382. The van der Waals surface area contributed by atoms with E-state index in [9.17, 15) is 0 Å². The first-order chi connectivity index (χ1) is 6.98. The van der Waals surface area contributed by atoms with Crippen LogP contribution in [-0.4, -0.2) is 5.33 Å². The molecule has 0 nitrogen and oxygen atoms in total. The minimum absolute atomic E-state index is 0.460. The molecule has 0 bridgehead atoms. The molecule has 0 radical (unpaired) electrons. The van der Waals surface area contributed by atoms with Crippen molar-refractivity contribution in [3.8, 4) is 0 Å². The summed E-state index contributed by atoms with van der Waals surface area (Å²) in [5.74, 6) is 1.52. The number of rotatable bonds is 2. The first-order valence-corrected chi connectivity index (χ1v) is 7.22. The summed E-state index contributed by atoms with van der Waals surface area (Å²) < 4.78 is 1.18. The van der Waals surface area contributed by atoms with Crippen LogP contribution in [0, 0.1) is 18.3 Å². The molecule has 15 heavy (non-hydrogen) atoms. The Labute approximate surface area is 109 Å². The monoisotopic (exact) mass is 330 g/mol. The van der Waals surface area contributed by atoms with Gasteiger partial charge in [-0.2, -0.15) is 0 Å². The zero-order valence-corrected chi connectivity index (χ0v) is 12.5. The topological polar surface area (TPSA) is 0 Å². The summed E-state index contributed by atoms with van der Waals surface area (Å²) in [5, 5.41) is 1.11. The van der Waals surface area contributed by atoms with Crippen molar-refractivity contribution in [3.63, 3.8) is 0 Å². The number of hydrogen-bond acceptors (Lipinski definition) is 0. The van der Waals surface area contributed by atoms with E-state index >= 15 is 0 Å². The van der Waals surface area contributed by atoms with Crippen LogP contribution >= 0.6 is 31.9 Å². The molecular formula is C13H16Br2. The maximum absolute atomic E-state index is 3.62. The quantitative estimate of drug-likeness (QED) is 0.677. The number of halogens is 2. The maximum atomic E-state index is 3.62. The third kappa shape index (κ3) is 1.91. The average molecular weight is 332 g/mol. The number of aryl methyl sites for hydroxylation is 1. The van der Waals surface area contributed by atoms with Gasteiger partial charge in [0.25, 0.3) is 0 Å². The van der Waals surface area contributed by atoms with Crippen molar-refractivity contribution < 1.29 is 0 Å². The molecule has 1 fully saturated rings. The molecule has 0 heterocycles. The van der Waals surface area contributed by atoms with Crippen LogP contribution in [0.3, 0.4) is 0 Å². The predicted molar refractivity (Wildman–Crippen MR) is 72.7 cm³/mol. The lowest BCUT2D eigenvalue weighted by Gasteiger charge is -2.07. The summed E-state index contributed by atoms with van der Waals surface area (Å²) in [6.07, 6.45) is 0. The van der Waals surface area contributed by atoms with E-state index in [1.165, 1.54) is 15.6 Å². The standard InChI is InChI=1S/C13H16Br2/c1-8-6-9(15)4-5-10(8)12-11(7-14)13(12,2)3/h4-6,11-12H,7H2,1-3H3. The maximum Gasteiger partial charge on any atom is 0.0178 e. The molecule has 1 aromatic rings. The molecule has 2 unspecified atom stereocenters. The van der Waals surface area contributed by atoms with E-state index < -0.39 is 0 Å². The molecule has 0 aromatic heterocycles. The van der Waals surface area contributed by atoms with E-state index in [1.807, 2.05) is 0 Å². The van der Waals surface area contributed by atoms with Crippen LogP contribution in [0.5, 0.6) is 0 Å². The normalized spacial score (nSPS) is 27.8. The second kappa shape index (κ2) is 3.89. The van der Waals surface area contributed by atoms with Crippen molar-refractivity contribution in [2.45, 2.75) is 26.7 Å².